The van der Waals surface area contributed by atoms with Crippen molar-refractivity contribution in [2.45, 2.75) is 38.9 Å². The van der Waals surface area contributed by atoms with Gasteiger partial charge >= 0.3 is 12.1 Å². The average molecular weight is 371 g/mol. The van der Waals surface area contributed by atoms with Gasteiger partial charge in [-0.1, -0.05) is 6.07 Å². The van der Waals surface area contributed by atoms with Gasteiger partial charge in [-0.3, -0.25) is 14.4 Å². The second kappa shape index (κ2) is 6.97. The van der Waals surface area contributed by atoms with Gasteiger partial charge < -0.3 is 15.5 Å². The Morgan fingerprint density at radius 1 is 1.12 bits per heavy atom. The summed E-state index contributed by atoms with van der Waals surface area (Å²) >= 11 is 0. The largest absolute Gasteiger partial charge is 0.471 e. The molecular formula is C17H20F3N3O3. The van der Waals surface area contributed by atoms with Crippen LogP contribution < -0.4 is 10.6 Å². The summed E-state index contributed by atoms with van der Waals surface area (Å²) < 4.78 is 36.9. The topological polar surface area (TPSA) is 78.5 Å². The Kier molecular flexibility index (Phi) is 5.29. The molecule has 1 aromatic rings. The Labute approximate surface area is 148 Å². The molecule has 1 unspecified atom stereocenters. The van der Waals surface area contributed by atoms with Gasteiger partial charge in [0.1, 0.15) is 0 Å². The maximum absolute atomic E-state index is 12.4. The number of amides is 3. The van der Waals surface area contributed by atoms with Crippen molar-refractivity contribution in [3.63, 3.8) is 0 Å². The van der Waals surface area contributed by atoms with Gasteiger partial charge in [-0.05, 0) is 39.0 Å². The van der Waals surface area contributed by atoms with E-state index in [1.807, 2.05) is 20.8 Å². The van der Waals surface area contributed by atoms with Crippen LogP contribution in [0, 0.1) is 5.92 Å². The van der Waals surface area contributed by atoms with Crippen molar-refractivity contribution in [3.8, 4) is 0 Å². The zero-order chi connectivity index (χ0) is 19.7. The highest BCUT2D eigenvalue weighted by atomic mass is 19.4. The molecule has 1 heterocycles. The standard InChI is InChI=1S/C17H20F3N3O3/c1-16(2,3)23-9-10(7-13(23)24)14(25)21-11-5-4-6-12(8-11)22-15(26)17(18,19)20/h4-6,8,10H,7,9H2,1-3H3,(H,21,25)(H,22,26). The molecule has 142 valence electrons. The Bertz CT molecular complexity index is 726. The van der Waals surface area contributed by atoms with Gasteiger partial charge in [0, 0.05) is 29.9 Å². The first-order valence-corrected chi connectivity index (χ1v) is 7.97. The van der Waals surface area contributed by atoms with E-state index in [-0.39, 0.29) is 30.2 Å². The molecule has 0 bridgehead atoms. The van der Waals surface area contributed by atoms with Gasteiger partial charge in [0.25, 0.3) is 0 Å². The van der Waals surface area contributed by atoms with Crippen molar-refractivity contribution in [2.24, 2.45) is 5.92 Å². The highest BCUT2D eigenvalue weighted by Crippen LogP contribution is 2.27. The molecule has 1 atom stereocenters. The van der Waals surface area contributed by atoms with Gasteiger partial charge in [0.2, 0.25) is 11.8 Å². The molecule has 0 aromatic heterocycles. The van der Waals surface area contributed by atoms with E-state index in [0.29, 0.717) is 0 Å². The molecular weight excluding hydrogens is 351 g/mol. The fraction of sp³-hybridized carbons (Fsp3) is 0.471. The van der Waals surface area contributed by atoms with Gasteiger partial charge in [-0.25, -0.2) is 0 Å². The molecule has 26 heavy (non-hydrogen) atoms. The second-order valence-electron chi connectivity index (χ2n) is 7.10. The van der Waals surface area contributed by atoms with Crippen LogP contribution in [-0.2, 0) is 14.4 Å². The molecule has 1 aliphatic heterocycles. The molecule has 0 radical (unpaired) electrons. The van der Waals surface area contributed by atoms with E-state index in [4.69, 9.17) is 0 Å². The summed E-state index contributed by atoms with van der Waals surface area (Å²) in [5.41, 5.74) is -0.256. The Balaban J connectivity index is 2.03. The predicted molar refractivity (Wildman–Crippen MR) is 89.3 cm³/mol. The highest BCUT2D eigenvalue weighted by molar-refractivity contribution is 5.99. The molecule has 2 rings (SSSR count). The normalized spacial score (nSPS) is 18.0. The number of halogens is 3. The van der Waals surface area contributed by atoms with Crippen molar-refractivity contribution in [1.29, 1.82) is 0 Å². The number of nitrogens with one attached hydrogen (secondary N) is 2. The molecule has 6 nitrogen and oxygen atoms in total. The van der Waals surface area contributed by atoms with E-state index in [1.54, 1.807) is 10.2 Å². The third-order valence-corrected chi connectivity index (χ3v) is 3.95. The molecule has 1 aliphatic rings. The maximum atomic E-state index is 12.4. The summed E-state index contributed by atoms with van der Waals surface area (Å²) in [5, 5.41) is 4.30. The number of hydrogen-bond acceptors (Lipinski definition) is 3. The van der Waals surface area contributed by atoms with Crippen molar-refractivity contribution in [1.82, 2.24) is 4.90 Å². The molecule has 3 amide bonds. The number of likely N-dealkylation sites (tertiary alicyclic amines) is 1. The molecule has 1 aromatic carbocycles. The quantitative estimate of drug-likeness (QED) is 0.858. The molecule has 0 saturated carbocycles. The molecule has 1 fully saturated rings. The average Bonchev–Trinajstić information content (AvgIpc) is 2.89. The molecule has 9 heteroatoms. The minimum absolute atomic E-state index is 0.0770. The van der Waals surface area contributed by atoms with Gasteiger partial charge in [-0.15, -0.1) is 0 Å². The minimum Gasteiger partial charge on any atom is -0.337 e. The van der Waals surface area contributed by atoms with Gasteiger partial charge in [-0.2, -0.15) is 13.2 Å². The molecule has 2 N–H and O–H groups in total. The summed E-state index contributed by atoms with van der Waals surface area (Å²) in [4.78, 5) is 37.0. The van der Waals surface area contributed by atoms with Crippen LogP contribution in [-0.4, -0.2) is 40.9 Å². The van der Waals surface area contributed by atoms with E-state index in [2.05, 4.69) is 5.32 Å². The van der Waals surface area contributed by atoms with Crippen LogP contribution in [0.3, 0.4) is 0 Å². The molecule has 0 spiro atoms. The molecule has 0 aliphatic carbocycles. The van der Waals surface area contributed by atoms with Crippen LogP contribution in [0.1, 0.15) is 27.2 Å². The maximum Gasteiger partial charge on any atom is 0.471 e. The summed E-state index contributed by atoms with van der Waals surface area (Å²) in [6.07, 6.45) is -4.92. The van der Waals surface area contributed by atoms with Gasteiger partial charge in [0.05, 0.1) is 5.92 Å². The Morgan fingerprint density at radius 2 is 1.69 bits per heavy atom. The lowest BCUT2D eigenvalue weighted by Crippen LogP contribution is -2.42. The number of hydrogen-bond donors (Lipinski definition) is 2. The van der Waals surface area contributed by atoms with E-state index >= 15 is 0 Å². The van der Waals surface area contributed by atoms with Crippen molar-refractivity contribution in [2.75, 3.05) is 17.2 Å². The zero-order valence-corrected chi connectivity index (χ0v) is 14.6. The summed E-state index contributed by atoms with van der Waals surface area (Å²) in [7, 11) is 0. The number of anilines is 2. The molecule has 1 saturated heterocycles. The first-order chi connectivity index (χ1) is 11.9. The Morgan fingerprint density at radius 3 is 2.19 bits per heavy atom. The number of nitrogens with zero attached hydrogens (tertiary/aromatic N) is 1. The van der Waals surface area contributed by atoms with Crippen LogP contribution >= 0.6 is 0 Å². The van der Waals surface area contributed by atoms with Crippen LogP contribution in [0.2, 0.25) is 0 Å². The SMILES string of the molecule is CC(C)(C)N1CC(C(=O)Nc2cccc(NC(=O)C(F)(F)F)c2)CC1=O. The van der Waals surface area contributed by atoms with Crippen molar-refractivity contribution in [3.05, 3.63) is 24.3 Å². The van der Waals surface area contributed by atoms with Crippen molar-refractivity contribution >= 4 is 29.1 Å². The van der Waals surface area contributed by atoms with Crippen LogP contribution in [0.4, 0.5) is 24.5 Å². The number of rotatable bonds is 3. The van der Waals surface area contributed by atoms with Gasteiger partial charge in [0.15, 0.2) is 0 Å². The van der Waals surface area contributed by atoms with E-state index < -0.39 is 29.4 Å². The zero-order valence-electron chi connectivity index (χ0n) is 14.6. The van der Waals surface area contributed by atoms with E-state index in [1.165, 1.54) is 24.3 Å². The first kappa shape index (κ1) is 19.7. The smallest absolute Gasteiger partial charge is 0.337 e. The summed E-state index contributed by atoms with van der Waals surface area (Å²) in [6.45, 7) is 5.90. The summed E-state index contributed by atoms with van der Waals surface area (Å²) in [5.74, 6) is -3.16. The summed E-state index contributed by atoms with van der Waals surface area (Å²) in [6, 6.07) is 5.39. The number of alkyl halides is 3. The van der Waals surface area contributed by atoms with Crippen LogP contribution in [0.25, 0.3) is 0 Å². The first-order valence-electron chi connectivity index (χ1n) is 7.97. The number of carbonyl (C=O) groups is 3. The van der Waals surface area contributed by atoms with E-state index in [0.717, 1.165) is 0 Å². The van der Waals surface area contributed by atoms with Crippen LogP contribution in [0.5, 0.6) is 0 Å². The monoisotopic (exact) mass is 371 g/mol. The van der Waals surface area contributed by atoms with Crippen molar-refractivity contribution < 1.29 is 27.6 Å². The Hall–Kier alpha value is -2.58. The van der Waals surface area contributed by atoms with Crippen LogP contribution in [0.15, 0.2) is 24.3 Å². The fourth-order valence-electron chi connectivity index (χ4n) is 2.65. The lowest BCUT2D eigenvalue weighted by atomic mass is 10.1. The predicted octanol–water partition coefficient (Wildman–Crippen LogP) is 2.77. The third-order valence-electron chi connectivity index (χ3n) is 3.95. The third kappa shape index (κ3) is 4.74. The second-order valence-corrected chi connectivity index (χ2v) is 7.10. The number of benzene rings is 1. The lowest BCUT2D eigenvalue weighted by Gasteiger charge is -2.31. The van der Waals surface area contributed by atoms with E-state index in [9.17, 15) is 27.6 Å². The minimum atomic E-state index is -5.00. The lowest BCUT2D eigenvalue weighted by molar-refractivity contribution is -0.167. The highest BCUT2D eigenvalue weighted by Gasteiger charge is 2.40. The fourth-order valence-corrected chi connectivity index (χ4v) is 2.65. The number of carbonyl (C=O) groups excluding carboxylic acids is 3.